The zero-order valence-electron chi connectivity index (χ0n) is 13.9. The summed E-state index contributed by atoms with van der Waals surface area (Å²) in [5, 5.41) is 34.8. The van der Waals surface area contributed by atoms with Crippen molar-refractivity contribution in [1.82, 2.24) is 0 Å². The van der Waals surface area contributed by atoms with Crippen molar-refractivity contribution in [1.29, 1.82) is 0 Å². The first-order valence-electron chi connectivity index (χ1n) is 7.63. The van der Waals surface area contributed by atoms with Gasteiger partial charge in [0.2, 0.25) is 0 Å². The van der Waals surface area contributed by atoms with Crippen LogP contribution in [0.1, 0.15) is 20.7 Å². The Balaban J connectivity index is 0.000000260. The van der Waals surface area contributed by atoms with Gasteiger partial charge >= 0.3 is 11.9 Å². The lowest BCUT2D eigenvalue weighted by atomic mass is 10.2. The summed E-state index contributed by atoms with van der Waals surface area (Å²) < 4.78 is 9.63. The summed E-state index contributed by atoms with van der Waals surface area (Å²) in [6, 6.07) is 12.4. The van der Waals surface area contributed by atoms with Crippen molar-refractivity contribution < 1.29 is 39.5 Å². The monoisotopic (exact) mass is 364 g/mol. The van der Waals surface area contributed by atoms with Gasteiger partial charge in [0, 0.05) is 0 Å². The number of rotatable bonds is 7. The number of carbonyl (C=O) groups excluding carboxylic acids is 1. The third-order valence-electron chi connectivity index (χ3n) is 2.91. The van der Waals surface area contributed by atoms with E-state index in [2.05, 4.69) is 4.74 Å². The van der Waals surface area contributed by atoms with Crippen LogP contribution in [-0.2, 0) is 4.74 Å². The Bertz CT molecular complexity index is 714. The second-order valence-electron chi connectivity index (χ2n) is 4.75. The van der Waals surface area contributed by atoms with E-state index in [1.165, 1.54) is 18.2 Å². The van der Waals surface area contributed by atoms with E-state index in [0.717, 1.165) is 0 Å². The SMILES string of the molecule is O=C(O)c1ccccc1OCCO.O=C(OCCO)c1ccccc1O. The van der Waals surface area contributed by atoms with Gasteiger partial charge in [0.1, 0.15) is 35.8 Å². The van der Waals surface area contributed by atoms with Gasteiger partial charge in [-0.15, -0.1) is 0 Å². The molecule has 0 fully saturated rings. The average Bonchev–Trinajstić information content (AvgIpc) is 2.65. The van der Waals surface area contributed by atoms with Crippen LogP contribution in [0.2, 0.25) is 0 Å². The third-order valence-corrected chi connectivity index (χ3v) is 2.91. The second kappa shape index (κ2) is 11.5. The average molecular weight is 364 g/mol. The Hall–Kier alpha value is -3.10. The number of aromatic hydroxyl groups is 1. The van der Waals surface area contributed by atoms with Crippen LogP contribution in [0.15, 0.2) is 48.5 Å². The topological polar surface area (TPSA) is 134 Å². The molecule has 0 radical (unpaired) electrons. The number of phenols is 1. The number of benzene rings is 2. The molecule has 0 atom stereocenters. The van der Waals surface area contributed by atoms with Gasteiger partial charge in [-0.05, 0) is 24.3 Å². The predicted octanol–water partition coefficient (Wildman–Crippen LogP) is 1.30. The first kappa shape index (κ1) is 20.9. The molecule has 0 bridgehead atoms. The Morgan fingerprint density at radius 3 is 2.00 bits per heavy atom. The Morgan fingerprint density at radius 2 is 1.42 bits per heavy atom. The molecule has 0 aromatic heterocycles. The van der Waals surface area contributed by atoms with Crippen LogP contribution < -0.4 is 4.74 Å². The summed E-state index contributed by atoms with van der Waals surface area (Å²) in [6.07, 6.45) is 0. The number of carboxylic acids is 1. The molecule has 26 heavy (non-hydrogen) atoms. The minimum atomic E-state index is -1.03. The van der Waals surface area contributed by atoms with Crippen molar-refractivity contribution in [2.45, 2.75) is 0 Å². The Kier molecular flexibility index (Phi) is 9.23. The van der Waals surface area contributed by atoms with Gasteiger partial charge in [-0.2, -0.15) is 0 Å². The number of esters is 1. The van der Waals surface area contributed by atoms with Gasteiger partial charge in [0.05, 0.1) is 13.2 Å². The van der Waals surface area contributed by atoms with Crippen molar-refractivity contribution in [3.8, 4) is 11.5 Å². The summed E-state index contributed by atoms with van der Waals surface area (Å²) >= 11 is 0. The van der Waals surface area contributed by atoms with E-state index in [1.54, 1.807) is 30.3 Å². The van der Waals surface area contributed by atoms with Crippen LogP contribution in [0.5, 0.6) is 11.5 Å². The minimum absolute atomic E-state index is 0.0623. The molecule has 2 aromatic carbocycles. The number of ether oxygens (including phenoxy) is 2. The largest absolute Gasteiger partial charge is 0.507 e. The molecule has 0 aliphatic heterocycles. The number of phenolic OH excluding ortho intramolecular Hbond substituents is 1. The van der Waals surface area contributed by atoms with Gasteiger partial charge in [-0.3, -0.25) is 0 Å². The summed E-state index contributed by atoms with van der Waals surface area (Å²) in [7, 11) is 0. The molecule has 2 rings (SSSR count). The van der Waals surface area contributed by atoms with Gasteiger partial charge < -0.3 is 29.9 Å². The number of carbonyl (C=O) groups is 2. The zero-order valence-corrected chi connectivity index (χ0v) is 13.9. The van der Waals surface area contributed by atoms with Crippen LogP contribution in [0.4, 0.5) is 0 Å². The third kappa shape index (κ3) is 6.80. The van der Waals surface area contributed by atoms with Gasteiger partial charge in [0.15, 0.2) is 0 Å². The molecule has 0 spiro atoms. The molecule has 140 valence electrons. The first-order chi connectivity index (χ1) is 12.5. The van der Waals surface area contributed by atoms with Gasteiger partial charge in [-0.25, -0.2) is 9.59 Å². The van der Waals surface area contributed by atoms with E-state index in [4.69, 9.17) is 20.1 Å². The van der Waals surface area contributed by atoms with Crippen molar-refractivity contribution in [3.05, 3.63) is 59.7 Å². The molecule has 0 unspecified atom stereocenters. The van der Waals surface area contributed by atoms with E-state index in [1.807, 2.05) is 0 Å². The number of aliphatic hydroxyl groups is 2. The Morgan fingerprint density at radius 1 is 0.846 bits per heavy atom. The Labute approximate surface area is 149 Å². The predicted molar refractivity (Wildman–Crippen MR) is 91.5 cm³/mol. The lowest BCUT2D eigenvalue weighted by molar-refractivity contribution is 0.0430. The van der Waals surface area contributed by atoms with Crippen LogP contribution in [0.3, 0.4) is 0 Å². The molecule has 0 aliphatic carbocycles. The highest BCUT2D eigenvalue weighted by atomic mass is 16.5. The van der Waals surface area contributed by atoms with Gasteiger partial charge in [-0.1, -0.05) is 24.3 Å². The number of hydrogen-bond donors (Lipinski definition) is 4. The van der Waals surface area contributed by atoms with Gasteiger partial charge in [0.25, 0.3) is 0 Å². The van der Waals surface area contributed by atoms with Crippen molar-refractivity contribution in [3.63, 3.8) is 0 Å². The number of aromatic carboxylic acids is 1. The molecule has 8 nitrogen and oxygen atoms in total. The normalized spacial score (nSPS) is 9.62. The highest BCUT2D eigenvalue weighted by molar-refractivity contribution is 5.92. The summed E-state index contributed by atoms with van der Waals surface area (Å²) in [5.41, 5.74) is 0.215. The van der Waals surface area contributed by atoms with Crippen molar-refractivity contribution >= 4 is 11.9 Å². The maximum absolute atomic E-state index is 11.1. The summed E-state index contributed by atoms with van der Waals surface area (Å²) in [5.74, 6) is -1.50. The van der Waals surface area contributed by atoms with Crippen LogP contribution in [-0.4, -0.2) is 58.8 Å². The molecule has 4 N–H and O–H groups in total. The number of hydrogen-bond acceptors (Lipinski definition) is 7. The van der Waals surface area contributed by atoms with E-state index in [9.17, 15) is 14.7 Å². The molecule has 0 amide bonds. The number of aliphatic hydroxyl groups excluding tert-OH is 2. The quantitative estimate of drug-likeness (QED) is 0.540. The molecular formula is C18H20O8. The van der Waals surface area contributed by atoms with Crippen molar-refractivity contribution in [2.24, 2.45) is 0 Å². The van der Waals surface area contributed by atoms with E-state index in [-0.39, 0.29) is 49.1 Å². The van der Waals surface area contributed by atoms with E-state index in [0.29, 0.717) is 0 Å². The van der Waals surface area contributed by atoms with Crippen molar-refractivity contribution in [2.75, 3.05) is 26.4 Å². The fourth-order valence-electron chi connectivity index (χ4n) is 1.79. The second-order valence-corrected chi connectivity index (χ2v) is 4.75. The fraction of sp³-hybridized carbons (Fsp3) is 0.222. The summed E-state index contributed by atoms with van der Waals surface area (Å²) in [6.45, 7) is -0.315. The molecule has 0 saturated heterocycles. The number of carboxylic acid groups (broad SMARTS) is 1. The lowest BCUT2D eigenvalue weighted by Crippen LogP contribution is -2.08. The smallest absolute Gasteiger partial charge is 0.341 e. The van der Waals surface area contributed by atoms with E-state index < -0.39 is 11.9 Å². The highest BCUT2D eigenvalue weighted by Gasteiger charge is 2.10. The molecule has 0 aliphatic rings. The maximum Gasteiger partial charge on any atom is 0.341 e. The lowest BCUT2D eigenvalue weighted by Gasteiger charge is -2.06. The first-order valence-corrected chi connectivity index (χ1v) is 7.63. The fourth-order valence-corrected chi connectivity index (χ4v) is 1.79. The molecular weight excluding hydrogens is 344 g/mol. The van der Waals surface area contributed by atoms with E-state index >= 15 is 0 Å². The minimum Gasteiger partial charge on any atom is -0.507 e. The molecule has 0 heterocycles. The van der Waals surface area contributed by atoms with Crippen LogP contribution in [0, 0.1) is 0 Å². The highest BCUT2D eigenvalue weighted by Crippen LogP contribution is 2.17. The maximum atomic E-state index is 11.1. The van der Waals surface area contributed by atoms with Crippen LogP contribution in [0.25, 0.3) is 0 Å². The number of para-hydroxylation sites is 2. The molecule has 0 saturated carbocycles. The molecule has 2 aromatic rings. The standard InChI is InChI=1S/2C9H10O4/c10-5-6-13-8-4-2-1-3-7(8)9(11)12;10-5-6-13-9(12)7-3-1-2-4-8(7)11/h1-4,10H,5-6H2,(H,11,12);1-4,10-11H,5-6H2. The summed E-state index contributed by atoms with van der Waals surface area (Å²) in [4.78, 5) is 21.8. The van der Waals surface area contributed by atoms with Crippen LogP contribution >= 0.6 is 0 Å². The zero-order chi connectivity index (χ0) is 19.4. The molecule has 8 heteroatoms.